The van der Waals surface area contributed by atoms with Crippen LogP contribution in [0.5, 0.6) is 0 Å². The number of nitrogens with zero attached hydrogens (tertiary/aromatic N) is 6. The highest BCUT2D eigenvalue weighted by atomic mass is 16.2. The van der Waals surface area contributed by atoms with E-state index in [9.17, 15) is 4.79 Å². The lowest BCUT2D eigenvalue weighted by Gasteiger charge is -2.45. The molecule has 1 aromatic rings. The topological polar surface area (TPSA) is 67.2 Å². The van der Waals surface area contributed by atoms with Gasteiger partial charge in [0.15, 0.2) is 0 Å². The zero-order chi connectivity index (χ0) is 16.1. The van der Waals surface area contributed by atoms with Crippen molar-refractivity contribution in [3.8, 4) is 0 Å². The maximum atomic E-state index is 12.4. The Hall–Kier alpha value is -1.50. The van der Waals surface area contributed by atoms with E-state index in [-0.39, 0.29) is 5.91 Å². The predicted molar refractivity (Wildman–Crippen MR) is 86.6 cm³/mol. The summed E-state index contributed by atoms with van der Waals surface area (Å²) >= 11 is 0. The van der Waals surface area contributed by atoms with Crippen LogP contribution in [0.4, 0.5) is 0 Å². The SMILES string of the molecule is CN(C[C@@H]1CCCN2CCCC[C@H]12)C(=O)CCCn1cnnn1. The summed E-state index contributed by atoms with van der Waals surface area (Å²) in [6, 6.07) is 0.703. The molecule has 128 valence electrons. The van der Waals surface area contributed by atoms with Crippen LogP contribution in [0.15, 0.2) is 6.33 Å². The number of rotatable bonds is 6. The van der Waals surface area contributed by atoms with Crippen LogP contribution in [-0.4, -0.2) is 68.6 Å². The second-order valence-electron chi connectivity index (χ2n) is 6.95. The molecule has 0 spiro atoms. The maximum absolute atomic E-state index is 12.4. The van der Waals surface area contributed by atoms with Crippen LogP contribution >= 0.6 is 0 Å². The van der Waals surface area contributed by atoms with Crippen LogP contribution in [0, 0.1) is 5.92 Å². The lowest BCUT2D eigenvalue weighted by molar-refractivity contribution is -0.131. The fourth-order valence-electron chi connectivity index (χ4n) is 4.11. The molecule has 0 aliphatic carbocycles. The third-order valence-electron chi connectivity index (χ3n) is 5.33. The van der Waals surface area contributed by atoms with Crippen molar-refractivity contribution in [3.05, 3.63) is 6.33 Å². The van der Waals surface area contributed by atoms with Gasteiger partial charge in [-0.15, -0.1) is 5.10 Å². The Morgan fingerprint density at radius 3 is 2.96 bits per heavy atom. The third-order valence-corrected chi connectivity index (χ3v) is 5.33. The smallest absolute Gasteiger partial charge is 0.222 e. The highest BCUT2D eigenvalue weighted by Gasteiger charge is 2.33. The number of hydrogen-bond donors (Lipinski definition) is 0. The molecule has 2 atom stereocenters. The molecule has 0 radical (unpaired) electrons. The van der Waals surface area contributed by atoms with Gasteiger partial charge < -0.3 is 9.80 Å². The Bertz CT molecular complexity index is 489. The van der Waals surface area contributed by atoms with Crippen molar-refractivity contribution in [2.45, 2.75) is 57.5 Å². The third kappa shape index (κ3) is 4.28. The van der Waals surface area contributed by atoms with Crippen LogP contribution < -0.4 is 0 Å². The molecule has 23 heavy (non-hydrogen) atoms. The van der Waals surface area contributed by atoms with Gasteiger partial charge >= 0.3 is 0 Å². The van der Waals surface area contributed by atoms with Crippen LogP contribution in [0.2, 0.25) is 0 Å². The molecule has 0 saturated carbocycles. The molecule has 3 rings (SSSR count). The predicted octanol–water partition coefficient (Wildman–Crippen LogP) is 1.18. The van der Waals surface area contributed by atoms with Crippen molar-refractivity contribution in [1.29, 1.82) is 0 Å². The van der Waals surface area contributed by atoms with E-state index in [0.29, 0.717) is 24.9 Å². The van der Waals surface area contributed by atoms with E-state index in [1.807, 2.05) is 11.9 Å². The fraction of sp³-hybridized carbons (Fsp3) is 0.875. The van der Waals surface area contributed by atoms with Crippen molar-refractivity contribution in [2.24, 2.45) is 5.92 Å². The van der Waals surface area contributed by atoms with Crippen molar-refractivity contribution in [2.75, 3.05) is 26.7 Å². The van der Waals surface area contributed by atoms with Gasteiger partial charge in [-0.05, 0) is 61.5 Å². The van der Waals surface area contributed by atoms with Gasteiger partial charge in [0.05, 0.1) is 0 Å². The van der Waals surface area contributed by atoms with E-state index in [0.717, 1.165) is 13.0 Å². The summed E-state index contributed by atoms with van der Waals surface area (Å²) in [5.74, 6) is 0.892. The van der Waals surface area contributed by atoms with Crippen LogP contribution in [0.1, 0.15) is 44.9 Å². The van der Waals surface area contributed by atoms with E-state index in [4.69, 9.17) is 0 Å². The number of fused-ring (bicyclic) bond motifs is 1. The number of carbonyl (C=O) groups is 1. The van der Waals surface area contributed by atoms with Crippen molar-refractivity contribution < 1.29 is 4.79 Å². The minimum Gasteiger partial charge on any atom is -0.345 e. The molecule has 7 nitrogen and oxygen atoms in total. The Labute approximate surface area is 138 Å². The number of amides is 1. The number of aromatic nitrogens is 4. The maximum Gasteiger partial charge on any atom is 0.222 e. The number of piperidine rings is 2. The molecular weight excluding hydrogens is 292 g/mol. The van der Waals surface area contributed by atoms with E-state index >= 15 is 0 Å². The summed E-state index contributed by atoms with van der Waals surface area (Å²) in [6.07, 6.45) is 9.49. The number of hydrogen-bond acceptors (Lipinski definition) is 5. The van der Waals surface area contributed by atoms with E-state index < -0.39 is 0 Å². The minimum atomic E-state index is 0.242. The summed E-state index contributed by atoms with van der Waals surface area (Å²) in [4.78, 5) is 17.0. The average molecular weight is 320 g/mol. The standard InChI is InChI=1S/C16H28N6O/c1-20(16(23)8-5-11-22-13-17-18-19-22)12-14-6-4-10-21-9-3-2-7-15(14)21/h13-15H,2-12H2,1H3/t14-,15+/m0/s1. The largest absolute Gasteiger partial charge is 0.345 e. The second-order valence-corrected chi connectivity index (χ2v) is 6.95. The van der Waals surface area contributed by atoms with Crippen molar-refractivity contribution in [1.82, 2.24) is 30.0 Å². The Morgan fingerprint density at radius 2 is 2.13 bits per heavy atom. The first kappa shape index (κ1) is 16.4. The van der Waals surface area contributed by atoms with Gasteiger partial charge in [0.2, 0.25) is 5.91 Å². The molecule has 2 aliphatic rings. The van der Waals surface area contributed by atoms with Gasteiger partial charge in [-0.2, -0.15) is 0 Å². The molecule has 7 heteroatoms. The zero-order valence-corrected chi connectivity index (χ0v) is 14.1. The first-order chi connectivity index (χ1) is 11.2. The molecule has 2 fully saturated rings. The molecular formula is C16H28N6O. The Morgan fingerprint density at radius 1 is 1.26 bits per heavy atom. The van der Waals surface area contributed by atoms with E-state index in [1.165, 1.54) is 45.2 Å². The fourth-order valence-corrected chi connectivity index (χ4v) is 4.11. The molecule has 2 saturated heterocycles. The molecule has 1 amide bonds. The van der Waals surface area contributed by atoms with Gasteiger partial charge in [0, 0.05) is 32.6 Å². The Kier molecular flexibility index (Phi) is 5.59. The van der Waals surface area contributed by atoms with Gasteiger partial charge in [-0.1, -0.05) is 6.42 Å². The van der Waals surface area contributed by atoms with Gasteiger partial charge in [-0.25, -0.2) is 4.68 Å². The van der Waals surface area contributed by atoms with Crippen molar-refractivity contribution >= 4 is 5.91 Å². The number of carbonyl (C=O) groups excluding carboxylic acids is 1. The van der Waals surface area contributed by atoms with E-state index in [2.05, 4.69) is 20.4 Å². The second kappa shape index (κ2) is 7.86. The highest BCUT2D eigenvalue weighted by molar-refractivity contribution is 5.75. The molecule has 2 aliphatic heterocycles. The quantitative estimate of drug-likeness (QED) is 0.787. The normalized spacial score (nSPS) is 25.1. The summed E-state index contributed by atoms with van der Waals surface area (Å²) in [5, 5.41) is 11.0. The summed E-state index contributed by atoms with van der Waals surface area (Å²) < 4.78 is 1.67. The Balaban J connectivity index is 1.43. The first-order valence-corrected chi connectivity index (χ1v) is 8.93. The van der Waals surface area contributed by atoms with Crippen LogP contribution in [0.3, 0.4) is 0 Å². The highest BCUT2D eigenvalue weighted by Crippen LogP contribution is 2.31. The molecule has 0 unspecified atom stereocenters. The van der Waals surface area contributed by atoms with Crippen LogP contribution in [-0.2, 0) is 11.3 Å². The first-order valence-electron chi connectivity index (χ1n) is 8.93. The number of aryl methyl sites for hydroxylation is 1. The molecule has 0 N–H and O–H groups in total. The summed E-state index contributed by atoms with van der Waals surface area (Å²) in [7, 11) is 1.96. The molecule has 1 aromatic heterocycles. The molecule has 0 aromatic carbocycles. The van der Waals surface area contributed by atoms with Crippen LogP contribution in [0.25, 0.3) is 0 Å². The minimum absolute atomic E-state index is 0.242. The zero-order valence-electron chi connectivity index (χ0n) is 14.1. The lowest BCUT2D eigenvalue weighted by Crippen LogP contribution is -2.51. The van der Waals surface area contributed by atoms with Crippen molar-refractivity contribution in [3.63, 3.8) is 0 Å². The lowest BCUT2D eigenvalue weighted by atomic mass is 9.83. The molecule has 3 heterocycles. The molecule has 0 bridgehead atoms. The van der Waals surface area contributed by atoms with Gasteiger partial charge in [-0.3, -0.25) is 4.79 Å². The number of tetrazole rings is 1. The monoisotopic (exact) mass is 320 g/mol. The summed E-state index contributed by atoms with van der Waals surface area (Å²) in [5.41, 5.74) is 0. The van der Waals surface area contributed by atoms with E-state index in [1.54, 1.807) is 11.0 Å². The van der Waals surface area contributed by atoms with Gasteiger partial charge in [0.25, 0.3) is 0 Å². The summed E-state index contributed by atoms with van der Waals surface area (Å²) in [6.45, 7) is 4.12. The average Bonchev–Trinajstić information content (AvgIpc) is 3.08. The van der Waals surface area contributed by atoms with Gasteiger partial charge in [0.1, 0.15) is 6.33 Å².